The van der Waals surface area contributed by atoms with Crippen LogP contribution in [0.4, 0.5) is 0 Å². The molecule has 1 heterocycles. The van der Waals surface area contributed by atoms with Gasteiger partial charge in [0.15, 0.2) is 0 Å². The van der Waals surface area contributed by atoms with Crippen LogP contribution in [0.3, 0.4) is 0 Å². The lowest BCUT2D eigenvalue weighted by molar-refractivity contribution is -0.142. The molecular weight excluding hydrogens is 190 g/mol. The summed E-state index contributed by atoms with van der Waals surface area (Å²) in [7, 11) is 1.48. The standard InChI is InChI=1S/C12H21NO2/c1-15-11(14)8-10-2-4-12(5-3-10)6-7-13-9-12/h10,13H,2-9H2,1H3. The number of carbonyl (C=O) groups is 1. The third-order valence-corrected chi connectivity index (χ3v) is 4.18. The highest BCUT2D eigenvalue weighted by Crippen LogP contribution is 2.43. The van der Waals surface area contributed by atoms with Gasteiger partial charge in [-0.05, 0) is 50.0 Å². The van der Waals surface area contributed by atoms with Crippen LogP contribution < -0.4 is 5.32 Å². The monoisotopic (exact) mass is 211 g/mol. The molecule has 0 amide bonds. The molecule has 3 heteroatoms. The molecule has 2 aliphatic rings. The van der Waals surface area contributed by atoms with Gasteiger partial charge in [0.25, 0.3) is 0 Å². The van der Waals surface area contributed by atoms with Gasteiger partial charge in [-0.15, -0.1) is 0 Å². The lowest BCUT2D eigenvalue weighted by atomic mass is 9.69. The second-order valence-electron chi connectivity index (χ2n) is 5.15. The van der Waals surface area contributed by atoms with E-state index in [0.717, 1.165) is 0 Å². The first-order chi connectivity index (χ1) is 7.24. The Balaban J connectivity index is 1.79. The van der Waals surface area contributed by atoms with Crippen molar-refractivity contribution in [2.24, 2.45) is 11.3 Å². The van der Waals surface area contributed by atoms with Crippen LogP contribution in [-0.4, -0.2) is 26.2 Å². The third kappa shape index (κ3) is 2.51. The van der Waals surface area contributed by atoms with Crippen LogP contribution in [0, 0.1) is 11.3 Å². The highest BCUT2D eigenvalue weighted by Gasteiger charge is 2.37. The molecule has 1 saturated carbocycles. The molecule has 0 bridgehead atoms. The number of methoxy groups -OCH3 is 1. The predicted molar refractivity (Wildman–Crippen MR) is 58.5 cm³/mol. The maximum absolute atomic E-state index is 11.2. The zero-order valence-corrected chi connectivity index (χ0v) is 9.55. The van der Waals surface area contributed by atoms with E-state index in [1.807, 2.05) is 0 Å². The van der Waals surface area contributed by atoms with Gasteiger partial charge in [-0.1, -0.05) is 0 Å². The summed E-state index contributed by atoms with van der Waals surface area (Å²) in [5.41, 5.74) is 0.576. The van der Waals surface area contributed by atoms with Crippen molar-refractivity contribution in [1.29, 1.82) is 0 Å². The molecule has 1 N–H and O–H groups in total. The molecule has 1 aliphatic carbocycles. The SMILES string of the molecule is COC(=O)CC1CCC2(CCNC2)CC1. The minimum atomic E-state index is -0.0412. The van der Waals surface area contributed by atoms with Gasteiger partial charge in [-0.3, -0.25) is 4.79 Å². The van der Waals surface area contributed by atoms with Crippen LogP contribution in [0.2, 0.25) is 0 Å². The summed E-state index contributed by atoms with van der Waals surface area (Å²) in [6, 6.07) is 0. The van der Waals surface area contributed by atoms with E-state index < -0.39 is 0 Å². The van der Waals surface area contributed by atoms with Gasteiger partial charge in [0, 0.05) is 13.0 Å². The largest absolute Gasteiger partial charge is 0.469 e. The van der Waals surface area contributed by atoms with Gasteiger partial charge < -0.3 is 10.1 Å². The predicted octanol–water partition coefficient (Wildman–Crippen LogP) is 1.72. The Morgan fingerprint density at radius 1 is 1.40 bits per heavy atom. The molecule has 0 aromatic heterocycles. The summed E-state index contributed by atoms with van der Waals surface area (Å²) in [4.78, 5) is 11.2. The van der Waals surface area contributed by atoms with Gasteiger partial charge >= 0.3 is 5.97 Å². The molecule has 3 nitrogen and oxygen atoms in total. The van der Waals surface area contributed by atoms with Crippen molar-refractivity contribution < 1.29 is 9.53 Å². The van der Waals surface area contributed by atoms with E-state index in [0.29, 0.717) is 17.8 Å². The van der Waals surface area contributed by atoms with E-state index >= 15 is 0 Å². The van der Waals surface area contributed by atoms with Crippen LogP contribution in [-0.2, 0) is 9.53 Å². The van der Waals surface area contributed by atoms with Crippen LogP contribution >= 0.6 is 0 Å². The molecule has 0 radical (unpaired) electrons. The molecule has 86 valence electrons. The fraction of sp³-hybridized carbons (Fsp3) is 0.917. The molecular formula is C12H21NO2. The van der Waals surface area contributed by atoms with Crippen molar-refractivity contribution in [3.63, 3.8) is 0 Å². The van der Waals surface area contributed by atoms with E-state index in [1.54, 1.807) is 0 Å². The van der Waals surface area contributed by atoms with Crippen LogP contribution in [0.1, 0.15) is 38.5 Å². The van der Waals surface area contributed by atoms with Gasteiger partial charge in [0.1, 0.15) is 0 Å². The molecule has 1 aliphatic heterocycles. The summed E-state index contributed by atoms with van der Waals surface area (Å²) in [5, 5.41) is 3.46. The fourth-order valence-electron chi connectivity index (χ4n) is 3.04. The number of ether oxygens (including phenoxy) is 1. The van der Waals surface area contributed by atoms with Gasteiger partial charge in [-0.2, -0.15) is 0 Å². The molecule has 15 heavy (non-hydrogen) atoms. The Kier molecular flexibility index (Phi) is 3.29. The van der Waals surface area contributed by atoms with Gasteiger partial charge in [0.2, 0.25) is 0 Å². The van der Waals surface area contributed by atoms with Gasteiger partial charge in [0.05, 0.1) is 7.11 Å². The molecule has 2 rings (SSSR count). The maximum Gasteiger partial charge on any atom is 0.305 e. The van der Waals surface area contributed by atoms with Crippen LogP contribution in [0.5, 0.6) is 0 Å². The Morgan fingerprint density at radius 3 is 2.67 bits per heavy atom. The quantitative estimate of drug-likeness (QED) is 0.707. The average Bonchev–Trinajstić information content (AvgIpc) is 2.70. The van der Waals surface area contributed by atoms with Crippen LogP contribution in [0.25, 0.3) is 0 Å². The van der Waals surface area contributed by atoms with E-state index in [1.165, 1.54) is 52.3 Å². The van der Waals surface area contributed by atoms with E-state index in [2.05, 4.69) is 5.32 Å². The summed E-state index contributed by atoms with van der Waals surface area (Å²) in [6.07, 6.45) is 6.95. The summed E-state index contributed by atoms with van der Waals surface area (Å²) >= 11 is 0. The third-order valence-electron chi connectivity index (χ3n) is 4.18. The number of hydrogen-bond acceptors (Lipinski definition) is 3. The average molecular weight is 211 g/mol. The van der Waals surface area contributed by atoms with Crippen LogP contribution in [0.15, 0.2) is 0 Å². The molecule has 0 unspecified atom stereocenters. The summed E-state index contributed by atoms with van der Waals surface area (Å²) in [6.45, 7) is 2.37. The zero-order valence-electron chi connectivity index (χ0n) is 9.55. The van der Waals surface area contributed by atoms with E-state index in [-0.39, 0.29) is 5.97 Å². The maximum atomic E-state index is 11.2. The highest BCUT2D eigenvalue weighted by molar-refractivity contribution is 5.69. The number of nitrogens with one attached hydrogen (secondary N) is 1. The van der Waals surface area contributed by atoms with Crippen molar-refractivity contribution >= 4 is 5.97 Å². The number of carbonyl (C=O) groups excluding carboxylic acids is 1. The van der Waals surface area contributed by atoms with Crippen molar-refractivity contribution in [2.75, 3.05) is 20.2 Å². The Morgan fingerprint density at radius 2 is 2.13 bits per heavy atom. The smallest absolute Gasteiger partial charge is 0.305 e. The fourth-order valence-corrected chi connectivity index (χ4v) is 3.04. The minimum Gasteiger partial charge on any atom is -0.469 e. The normalized spacial score (nSPS) is 35.7. The number of esters is 1. The Labute approximate surface area is 91.6 Å². The topological polar surface area (TPSA) is 38.3 Å². The molecule has 1 saturated heterocycles. The molecule has 0 aromatic carbocycles. The minimum absolute atomic E-state index is 0.0412. The van der Waals surface area contributed by atoms with Crippen molar-refractivity contribution in [1.82, 2.24) is 5.32 Å². The second-order valence-corrected chi connectivity index (χ2v) is 5.15. The summed E-state index contributed by atoms with van der Waals surface area (Å²) < 4.78 is 4.72. The van der Waals surface area contributed by atoms with E-state index in [4.69, 9.17) is 4.74 Å². The van der Waals surface area contributed by atoms with Gasteiger partial charge in [-0.25, -0.2) is 0 Å². The lowest BCUT2D eigenvalue weighted by Crippen LogP contribution is -2.30. The van der Waals surface area contributed by atoms with Crippen molar-refractivity contribution in [3.8, 4) is 0 Å². The Hall–Kier alpha value is -0.570. The molecule has 1 spiro atoms. The first kappa shape index (κ1) is 10.9. The zero-order chi connectivity index (χ0) is 10.7. The Bertz CT molecular complexity index is 224. The number of rotatable bonds is 2. The molecule has 0 aromatic rings. The first-order valence-electron chi connectivity index (χ1n) is 6.02. The van der Waals surface area contributed by atoms with Crippen molar-refractivity contribution in [3.05, 3.63) is 0 Å². The summed E-state index contributed by atoms with van der Waals surface area (Å²) in [5.74, 6) is 0.532. The lowest BCUT2D eigenvalue weighted by Gasteiger charge is -2.36. The molecule has 0 atom stereocenters. The second kappa shape index (κ2) is 4.52. The highest BCUT2D eigenvalue weighted by atomic mass is 16.5. The molecule has 2 fully saturated rings. The first-order valence-corrected chi connectivity index (χ1v) is 6.02. The van der Waals surface area contributed by atoms with Crippen molar-refractivity contribution in [2.45, 2.75) is 38.5 Å². The number of hydrogen-bond donors (Lipinski definition) is 1. The van der Waals surface area contributed by atoms with E-state index in [9.17, 15) is 4.79 Å².